The molecule has 1 aromatic carbocycles. The third kappa shape index (κ3) is 4.88. The lowest BCUT2D eigenvalue weighted by atomic mass is 10.1. The number of para-hydroxylation sites is 1. The fourth-order valence-electron chi connectivity index (χ4n) is 2.39. The summed E-state index contributed by atoms with van der Waals surface area (Å²) >= 11 is 0. The molecule has 8 heteroatoms. The molecule has 2 heterocycles. The second-order valence-corrected chi connectivity index (χ2v) is 5.73. The van der Waals surface area contributed by atoms with Crippen LogP contribution in [0, 0.1) is 0 Å². The van der Waals surface area contributed by atoms with Crippen LogP contribution >= 0.6 is 0 Å². The molecule has 8 nitrogen and oxygen atoms in total. The lowest BCUT2D eigenvalue weighted by Gasteiger charge is -2.10. The largest absolute Gasteiger partial charge is 0.462 e. The Balaban J connectivity index is 1.65. The summed E-state index contributed by atoms with van der Waals surface area (Å²) in [6.07, 6.45) is 6.28. The van der Waals surface area contributed by atoms with Crippen molar-refractivity contribution in [1.29, 1.82) is 0 Å². The van der Waals surface area contributed by atoms with Gasteiger partial charge in [0.15, 0.2) is 0 Å². The number of esters is 1. The van der Waals surface area contributed by atoms with Crippen LogP contribution in [0.2, 0.25) is 0 Å². The van der Waals surface area contributed by atoms with Gasteiger partial charge in [0.25, 0.3) is 5.91 Å². The van der Waals surface area contributed by atoms with Crippen molar-refractivity contribution in [2.24, 2.45) is 0 Å². The van der Waals surface area contributed by atoms with E-state index in [9.17, 15) is 9.59 Å². The van der Waals surface area contributed by atoms with Gasteiger partial charge in [0.05, 0.1) is 23.4 Å². The first-order chi connectivity index (χ1) is 13.7. The van der Waals surface area contributed by atoms with Crippen molar-refractivity contribution in [3.8, 4) is 0 Å². The smallest absolute Gasteiger partial charge is 0.340 e. The summed E-state index contributed by atoms with van der Waals surface area (Å²) in [4.78, 5) is 36.8. The lowest BCUT2D eigenvalue weighted by Crippen LogP contribution is -2.16. The van der Waals surface area contributed by atoms with E-state index in [0.717, 1.165) is 5.56 Å². The predicted octanol–water partition coefficient (Wildman–Crippen LogP) is 2.91. The average molecular weight is 377 g/mol. The monoisotopic (exact) mass is 377 g/mol. The summed E-state index contributed by atoms with van der Waals surface area (Å²) in [5.74, 6) is -0.521. The number of ether oxygens (including phenoxy) is 1. The molecule has 0 fully saturated rings. The second-order valence-electron chi connectivity index (χ2n) is 5.73. The molecule has 0 saturated heterocycles. The minimum absolute atomic E-state index is 0.252. The van der Waals surface area contributed by atoms with E-state index in [-0.39, 0.29) is 17.7 Å². The maximum Gasteiger partial charge on any atom is 0.340 e. The number of benzene rings is 1. The fraction of sp³-hybridized carbons (Fsp3) is 0.150. The number of rotatable bonds is 7. The molecular formula is C20H19N5O3. The Labute approximate surface area is 162 Å². The lowest BCUT2D eigenvalue weighted by molar-refractivity contribution is 0.0527. The Morgan fingerprint density at radius 3 is 2.54 bits per heavy atom. The molecule has 2 aromatic heterocycles. The summed E-state index contributed by atoms with van der Waals surface area (Å²) in [5, 5.41) is 5.75. The molecule has 142 valence electrons. The summed E-state index contributed by atoms with van der Waals surface area (Å²) in [7, 11) is 0. The third-order valence-corrected chi connectivity index (χ3v) is 3.76. The van der Waals surface area contributed by atoms with Crippen molar-refractivity contribution in [1.82, 2.24) is 15.0 Å². The Bertz CT molecular complexity index is 946. The van der Waals surface area contributed by atoms with Crippen LogP contribution in [-0.2, 0) is 11.3 Å². The maximum absolute atomic E-state index is 12.5. The number of amides is 1. The number of pyridine rings is 1. The molecule has 0 atom stereocenters. The van der Waals surface area contributed by atoms with Crippen LogP contribution in [0.25, 0.3) is 0 Å². The van der Waals surface area contributed by atoms with E-state index < -0.39 is 11.9 Å². The van der Waals surface area contributed by atoms with E-state index in [1.807, 2.05) is 12.1 Å². The Kier molecular flexibility index (Phi) is 6.25. The average Bonchev–Trinajstić information content (AvgIpc) is 2.74. The molecule has 0 aliphatic carbocycles. The molecule has 28 heavy (non-hydrogen) atoms. The highest BCUT2D eigenvalue weighted by molar-refractivity contribution is 6.07. The molecule has 2 N–H and O–H groups in total. The van der Waals surface area contributed by atoms with E-state index in [1.54, 1.807) is 43.6 Å². The number of hydrogen-bond acceptors (Lipinski definition) is 7. The first kappa shape index (κ1) is 19.0. The number of nitrogens with one attached hydrogen (secondary N) is 2. The van der Waals surface area contributed by atoms with Crippen LogP contribution in [0.3, 0.4) is 0 Å². The predicted molar refractivity (Wildman–Crippen MR) is 104 cm³/mol. The van der Waals surface area contributed by atoms with Gasteiger partial charge in [-0.15, -0.1) is 0 Å². The Morgan fingerprint density at radius 1 is 1.04 bits per heavy atom. The Morgan fingerprint density at radius 2 is 1.82 bits per heavy atom. The molecular weight excluding hydrogens is 358 g/mol. The van der Waals surface area contributed by atoms with E-state index in [2.05, 4.69) is 25.6 Å². The van der Waals surface area contributed by atoms with Crippen LogP contribution < -0.4 is 10.6 Å². The van der Waals surface area contributed by atoms with Gasteiger partial charge >= 0.3 is 5.97 Å². The van der Waals surface area contributed by atoms with E-state index in [0.29, 0.717) is 18.2 Å². The van der Waals surface area contributed by atoms with Crippen LogP contribution in [-0.4, -0.2) is 33.4 Å². The SMILES string of the molecule is CCOC(=O)c1ccccc1NC(=O)c1cnc(NCc2cccnc2)nc1. The van der Waals surface area contributed by atoms with E-state index in [1.165, 1.54) is 12.4 Å². The summed E-state index contributed by atoms with van der Waals surface area (Å²) in [6, 6.07) is 10.4. The first-order valence-electron chi connectivity index (χ1n) is 8.69. The van der Waals surface area contributed by atoms with Crippen molar-refractivity contribution in [3.05, 3.63) is 77.9 Å². The highest BCUT2D eigenvalue weighted by atomic mass is 16.5. The Hall–Kier alpha value is -3.81. The molecule has 3 aromatic rings. The van der Waals surface area contributed by atoms with Gasteiger partial charge in [0, 0.05) is 31.3 Å². The zero-order chi connectivity index (χ0) is 19.8. The van der Waals surface area contributed by atoms with E-state index >= 15 is 0 Å². The van der Waals surface area contributed by atoms with Crippen LogP contribution in [0.4, 0.5) is 11.6 Å². The molecule has 0 radical (unpaired) electrons. The molecule has 0 aliphatic rings. The fourth-order valence-corrected chi connectivity index (χ4v) is 2.39. The minimum atomic E-state index is -0.496. The summed E-state index contributed by atoms with van der Waals surface area (Å²) in [5.41, 5.74) is 1.91. The molecule has 0 saturated carbocycles. The standard InChI is InChI=1S/C20H19N5O3/c1-2-28-19(27)16-7-3-4-8-17(16)25-18(26)15-12-23-20(24-13-15)22-11-14-6-5-9-21-10-14/h3-10,12-13H,2,11H2,1H3,(H,25,26)(H,22,23,24). The molecule has 3 rings (SSSR count). The van der Waals surface area contributed by atoms with Gasteiger partial charge < -0.3 is 15.4 Å². The van der Waals surface area contributed by atoms with Gasteiger partial charge in [-0.3, -0.25) is 9.78 Å². The molecule has 0 aliphatic heterocycles. The third-order valence-electron chi connectivity index (χ3n) is 3.76. The van der Waals surface area contributed by atoms with Crippen molar-refractivity contribution in [2.75, 3.05) is 17.2 Å². The first-order valence-corrected chi connectivity index (χ1v) is 8.69. The van der Waals surface area contributed by atoms with Crippen molar-refractivity contribution in [3.63, 3.8) is 0 Å². The minimum Gasteiger partial charge on any atom is -0.462 e. The van der Waals surface area contributed by atoms with Gasteiger partial charge in [-0.05, 0) is 30.7 Å². The highest BCUT2D eigenvalue weighted by Gasteiger charge is 2.15. The molecule has 0 spiro atoms. The van der Waals surface area contributed by atoms with Crippen molar-refractivity contribution in [2.45, 2.75) is 13.5 Å². The van der Waals surface area contributed by atoms with Crippen LogP contribution in [0.15, 0.2) is 61.2 Å². The zero-order valence-corrected chi connectivity index (χ0v) is 15.3. The van der Waals surface area contributed by atoms with Gasteiger partial charge in [-0.25, -0.2) is 14.8 Å². The molecule has 0 unspecified atom stereocenters. The highest BCUT2D eigenvalue weighted by Crippen LogP contribution is 2.17. The number of anilines is 2. The summed E-state index contributed by atoms with van der Waals surface area (Å²) in [6.45, 7) is 2.50. The van der Waals surface area contributed by atoms with Crippen LogP contribution in [0.1, 0.15) is 33.2 Å². The molecule has 0 bridgehead atoms. The zero-order valence-electron chi connectivity index (χ0n) is 15.3. The van der Waals surface area contributed by atoms with Crippen molar-refractivity contribution >= 4 is 23.5 Å². The van der Waals surface area contributed by atoms with Gasteiger partial charge in [-0.2, -0.15) is 0 Å². The number of carbonyl (C=O) groups excluding carboxylic acids is 2. The number of aromatic nitrogens is 3. The van der Waals surface area contributed by atoms with Crippen molar-refractivity contribution < 1.29 is 14.3 Å². The normalized spacial score (nSPS) is 10.2. The van der Waals surface area contributed by atoms with Gasteiger partial charge in [0.1, 0.15) is 0 Å². The number of hydrogen-bond donors (Lipinski definition) is 2. The molecule has 1 amide bonds. The van der Waals surface area contributed by atoms with Gasteiger partial charge in [0.2, 0.25) is 5.95 Å². The summed E-state index contributed by atoms with van der Waals surface area (Å²) < 4.78 is 5.01. The van der Waals surface area contributed by atoms with Crippen LogP contribution in [0.5, 0.6) is 0 Å². The quantitative estimate of drug-likeness (QED) is 0.610. The topological polar surface area (TPSA) is 106 Å². The maximum atomic E-state index is 12.5. The van der Waals surface area contributed by atoms with Gasteiger partial charge in [-0.1, -0.05) is 18.2 Å². The number of nitrogens with zero attached hydrogens (tertiary/aromatic N) is 3. The van der Waals surface area contributed by atoms with E-state index in [4.69, 9.17) is 4.74 Å². The second kappa shape index (κ2) is 9.22. The number of carbonyl (C=O) groups is 2.